The van der Waals surface area contributed by atoms with Gasteiger partial charge in [0.15, 0.2) is 5.16 Å². The Morgan fingerprint density at radius 1 is 1.35 bits per heavy atom. The van der Waals surface area contributed by atoms with E-state index in [0.717, 1.165) is 19.4 Å². The molecule has 0 radical (unpaired) electrons. The van der Waals surface area contributed by atoms with Gasteiger partial charge in [0.25, 0.3) is 5.56 Å². The zero-order chi connectivity index (χ0) is 16.7. The van der Waals surface area contributed by atoms with E-state index in [-0.39, 0.29) is 17.2 Å². The first kappa shape index (κ1) is 18.0. The van der Waals surface area contributed by atoms with Gasteiger partial charge < -0.3 is 5.32 Å². The van der Waals surface area contributed by atoms with Gasteiger partial charge in [-0.3, -0.25) is 14.2 Å². The van der Waals surface area contributed by atoms with Crippen LogP contribution in [0.3, 0.4) is 0 Å². The summed E-state index contributed by atoms with van der Waals surface area (Å²) < 4.78 is 2.31. The van der Waals surface area contributed by atoms with Gasteiger partial charge in [-0.25, -0.2) is 4.98 Å². The van der Waals surface area contributed by atoms with Gasteiger partial charge in [0.2, 0.25) is 5.91 Å². The minimum atomic E-state index is -0.0185. The topological polar surface area (TPSA) is 64.0 Å². The monoisotopic (exact) mass is 353 g/mol. The lowest BCUT2D eigenvalue weighted by molar-refractivity contribution is -0.118. The number of carbonyl (C=O) groups is 1. The Labute approximate surface area is 144 Å². The Balaban J connectivity index is 1.93. The average molecular weight is 354 g/mol. The van der Waals surface area contributed by atoms with Crippen molar-refractivity contribution in [2.45, 2.75) is 51.2 Å². The summed E-state index contributed by atoms with van der Waals surface area (Å²) in [5, 5.41) is 5.41. The third kappa shape index (κ3) is 4.81. The quantitative estimate of drug-likeness (QED) is 0.427. The predicted octanol–water partition coefficient (Wildman–Crippen LogP) is 3.27. The third-order valence-electron chi connectivity index (χ3n) is 3.53. The summed E-state index contributed by atoms with van der Waals surface area (Å²) in [7, 11) is 0. The van der Waals surface area contributed by atoms with Gasteiger partial charge in [-0.2, -0.15) is 0 Å². The minimum Gasteiger partial charge on any atom is -0.355 e. The molecular weight excluding hydrogens is 330 g/mol. The van der Waals surface area contributed by atoms with Crippen LogP contribution in [0.15, 0.2) is 21.4 Å². The van der Waals surface area contributed by atoms with Gasteiger partial charge in [-0.05, 0) is 24.8 Å². The lowest BCUT2D eigenvalue weighted by Crippen LogP contribution is -2.27. The van der Waals surface area contributed by atoms with Crippen molar-refractivity contribution in [2.75, 3.05) is 12.3 Å². The Bertz CT molecular complexity index is 709. The van der Waals surface area contributed by atoms with Crippen molar-refractivity contribution in [3.8, 4) is 0 Å². The molecule has 0 fully saturated rings. The Hall–Kier alpha value is -1.34. The maximum Gasteiger partial charge on any atom is 0.272 e. The number of thiophene rings is 1. The summed E-state index contributed by atoms with van der Waals surface area (Å²) >= 11 is 2.73. The Kier molecular flexibility index (Phi) is 7.11. The standard InChI is InChI=1S/C16H23N3O2S2/c1-3-5-6-7-9-17-13(20)11-23-16-18-12-8-10-22-14(12)15(21)19(16)4-2/h8,10H,3-7,9,11H2,1-2H3,(H,17,20). The molecule has 0 aliphatic rings. The molecule has 0 aliphatic heterocycles. The molecule has 0 saturated carbocycles. The van der Waals surface area contributed by atoms with Crippen molar-refractivity contribution in [2.24, 2.45) is 0 Å². The molecule has 0 bridgehead atoms. The Morgan fingerprint density at radius 3 is 2.91 bits per heavy atom. The fraction of sp³-hybridized carbons (Fsp3) is 0.562. The van der Waals surface area contributed by atoms with Gasteiger partial charge in [0.05, 0.1) is 11.3 Å². The van der Waals surface area contributed by atoms with E-state index in [9.17, 15) is 9.59 Å². The zero-order valence-electron chi connectivity index (χ0n) is 13.6. The van der Waals surface area contributed by atoms with E-state index in [1.165, 1.54) is 35.9 Å². The number of fused-ring (bicyclic) bond motifs is 1. The molecule has 23 heavy (non-hydrogen) atoms. The molecule has 0 atom stereocenters. The van der Waals surface area contributed by atoms with Gasteiger partial charge in [0, 0.05) is 13.1 Å². The molecule has 0 aliphatic carbocycles. The van der Waals surface area contributed by atoms with E-state index in [1.807, 2.05) is 18.4 Å². The lowest BCUT2D eigenvalue weighted by atomic mass is 10.2. The van der Waals surface area contributed by atoms with E-state index in [4.69, 9.17) is 0 Å². The van der Waals surface area contributed by atoms with Crippen molar-refractivity contribution in [1.29, 1.82) is 0 Å². The zero-order valence-corrected chi connectivity index (χ0v) is 15.3. The second-order valence-electron chi connectivity index (χ2n) is 5.28. The van der Waals surface area contributed by atoms with Crippen LogP contribution in [0.2, 0.25) is 0 Å². The molecule has 7 heteroatoms. The lowest BCUT2D eigenvalue weighted by Gasteiger charge is -2.10. The number of aromatic nitrogens is 2. The van der Waals surface area contributed by atoms with Crippen LogP contribution in [0.1, 0.15) is 39.5 Å². The fourth-order valence-electron chi connectivity index (χ4n) is 2.27. The maximum atomic E-state index is 12.4. The van der Waals surface area contributed by atoms with Crippen molar-refractivity contribution in [3.63, 3.8) is 0 Å². The van der Waals surface area contributed by atoms with Crippen LogP contribution in [0, 0.1) is 0 Å². The van der Waals surface area contributed by atoms with Crippen molar-refractivity contribution in [3.05, 3.63) is 21.8 Å². The van der Waals surface area contributed by atoms with Gasteiger partial charge >= 0.3 is 0 Å². The van der Waals surface area contributed by atoms with E-state index < -0.39 is 0 Å². The smallest absolute Gasteiger partial charge is 0.272 e. The van der Waals surface area contributed by atoms with Crippen LogP contribution in [-0.2, 0) is 11.3 Å². The molecule has 2 aromatic rings. The molecule has 0 saturated heterocycles. The molecule has 2 aromatic heterocycles. The highest BCUT2D eigenvalue weighted by molar-refractivity contribution is 7.99. The maximum absolute atomic E-state index is 12.4. The number of hydrogen-bond acceptors (Lipinski definition) is 5. The van der Waals surface area contributed by atoms with Crippen LogP contribution in [0.25, 0.3) is 10.2 Å². The minimum absolute atomic E-state index is 0.00573. The SMILES string of the molecule is CCCCCCNC(=O)CSc1nc2ccsc2c(=O)n1CC. The summed E-state index contributed by atoms with van der Waals surface area (Å²) in [6, 6.07) is 1.85. The highest BCUT2D eigenvalue weighted by Crippen LogP contribution is 2.20. The second kappa shape index (κ2) is 9.08. The fourth-order valence-corrected chi connectivity index (χ4v) is 3.94. The molecule has 0 unspecified atom stereocenters. The molecule has 1 N–H and O–H groups in total. The number of nitrogens with zero attached hydrogens (tertiary/aromatic N) is 2. The summed E-state index contributed by atoms with van der Waals surface area (Å²) in [5.41, 5.74) is 0.696. The van der Waals surface area contributed by atoms with E-state index in [1.54, 1.807) is 4.57 Å². The van der Waals surface area contributed by atoms with E-state index in [0.29, 0.717) is 21.9 Å². The first-order valence-corrected chi connectivity index (χ1v) is 9.91. The van der Waals surface area contributed by atoms with Gasteiger partial charge in [-0.15, -0.1) is 11.3 Å². The summed E-state index contributed by atoms with van der Waals surface area (Å²) in [5.74, 6) is 0.282. The summed E-state index contributed by atoms with van der Waals surface area (Å²) in [6.07, 6.45) is 4.56. The molecule has 1 amide bonds. The highest BCUT2D eigenvalue weighted by Gasteiger charge is 2.12. The van der Waals surface area contributed by atoms with Crippen molar-refractivity contribution >= 4 is 39.2 Å². The van der Waals surface area contributed by atoms with Crippen molar-refractivity contribution < 1.29 is 4.79 Å². The number of unbranched alkanes of at least 4 members (excludes halogenated alkanes) is 3. The Morgan fingerprint density at radius 2 is 2.17 bits per heavy atom. The second-order valence-corrected chi connectivity index (χ2v) is 7.14. The van der Waals surface area contributed by atoms with Crippen LogP contribution < -0.4 is 10.9 Å². The summed E-state index contributed by atoms with van der Waals surface area (Å²) in [4.78, 5) is 28.8. The number of hydrogen-bond donors (Lipinski definition) is 1. The van der Waals surface area contributed by atoms with Gasteiger partial charge in [0.1, 0.15) is 4.70 Å². The molecular formula is C16H23N3O2S2. The number of nitrogens with one attached hydrogen (secondary N) is 1. The average Bonchev–Trinajstić information content (AvgIpc) is 3.01. The normalized spacial score (nSPS) is 11.0. The molecule has 0 spiro atoms. The van der Waals surface area contributed by atoms with Crippen LogP contribution in [0.4, 0.5) is 0 Å². The van der Waals surface area contributed by atoms with E-state index in [2.05, 4.69) is 17.2 Å². The summed E-state index contributed by atoms with van der Waals surface area (Å²) in [6.45, 7) is 5.36. The van der Waals surface area contributed by atoms with Crippen molar-refractivity contribution in [1.82, 2.24) is 14.9 Å². The van der Waals surface area contributed by atoms with Crippen LogP contribution in [-0.4, -0.2) is 27.8 Å². The third-order valence-corrected chi connectivity index (χ3v) is 5.40. The number of thioether (sulfide) groups is 1. The number of rotatable bonds is 9. The van der Waals surface area contributed by atoms with Gasteiger partial charge in [-0.1, -0.05) is 37.9 Å². The highest BCUT2D eigenvalue weighted by atomic mass is 32.2. The predicted molar refractivity (Wildman–Crippen MR) is 97.4 cm³/mol. The van der Waals surface area contributed by atoms with Crippen LogP contribution >= 0.6 is 23.1 Å². The number of carbonyl (C=O) groups excluding carboxylic acids is 1. The van der Waals surface area contributed by atoms with Crippen LogP contribution in [0.5, 0.6) is 0 Å². The molecule has 5 nitrogen and oxygen atoms in total. The first-order chi connectivity index (χ1) is 11.2. The molecule has 2 heterocycles. The van der Waals surface area contributed by atoms with E-state index >= 15 is 0 Å². The molecule has 2 rings (SSSR count). The molecule has 0 aromatic carbocycles. The first-order valence-electron chi connectivity index (χ1n) is 8.04. The molecule has 126 valence electrons. The largest absolute Gasteiger partial charge is 0.355 e. The number of amides is 1.